The van der Waals surface area contributed by atoms with Crippen molar-refractivity contribution in [3.63, 3.8) is 0 Å². The second-order valence-corrected chi connectivity index (χ2v) is 5.83. The topological polar surface area (TPSA) is 51.8 Å². The average molecular weight is 285 g/mol. The molecule has 0 aromatic carbocycles. The summed E-state index contributed by atoms with van der Waals surface area (Å²) in [6, 6.07) is 8.06. The first kappa shape index (κ1) is 10.8. The molecular formula is C13H7N3OS2. The number of aromatic nitrogens is 3. The zero-order valence-corrected chi connectivity index (χ0v) is 11.2. The predicted molar refractivity (Wildman–Crippen MR) is 76.2 cm³/mol. The van der Waals surface area contributed by atoms with E-state index in [1.807, 2.05) is 41.2 Å². The Balaban J connectivity index is 2.01. The van der Waals surface area contributed by atoms with E-state index in [1.54, 1.807) is 22.7 Å². The standard InChI is InChI=1S/C13H7N3OS2/c1-3-9(18-5-1)8-7-14-12(10-4-2-6-19-10)13-11(8)15-17-16-13/h1-7H. The molecule has 0 N–H and O–H groups in total. The Hall–Kier alpha value is -2.05. The van der Waals surface area contributed by atoms with Gasteiger partial charge in [0.1, 0.15) is 11.2 Å². The van der Waals surface area contributed by atoms with E-state index in [1.165, 1.54) is 0 Å². The van der Waals surface area contributed by atoms with E-state index in [0.717, 1.165) is 26.5 Å². The second-order valence-electron chi connectivity index (χ2n) is 3.94. The Morgan fingerprint density at radius 2 is 1.63 bits per heavy atom. The molecule has 4 aromatic heterocycles. The Morgan fingerprint density at radius 3 is 2.37 bits per heavy atom. The minimum Gasteiger partial charge on any atom is -0.252 e. The van der Waals surface area contributed by atoms with Crippen LogP contribution < -0.4 is 0 Å². The number of rotatable bonds is 2. The van der Waals surface area contributed by atoms with Crippen LogP contribution in [-0.4, -0.2) is 15.3 Å². The third-order valence-electron chi connectivity index (χ3n) is 2.83. The maximum absolute atomic E-state index is 4.91. The fourth-order valence-electron chi connectivity index (χ4n) is 1.98. The minimum atomic E-state index is 0.716. The Morgan fingerprint density at radius 1 is 0.895 bits per heavy atom. The van der Waals surface area contributed by atoms with Crippen molar-refractivity contribution in [2.75, 3.05) is 0 Å². The number of thiophene rings is 2. The van der Waals surface area contributed by atoms with Crippen molar-refractivity contribution in [1.82, 2.24) is 15.3 Å². The predicted octanol–water partition coefficient (Wildman–Crippen LogP) is 4.07. The Bertz CT molecular complexity index is 751. The number of fused-ring (bicyclic) bond motifs is 1. The first-order chi connectivity index (χ1) is 9.43. The average Bonchev–Trinajstić information content (AvgIpc) is 3.19. The summed E-state index contributed by atoms with van der Waals surface area (Å²) in [6.07, 6.45) is 1.84. The van der Waals surface area contributed by atoms with E-state index in [9.17, 15) is 0 Å². The quantitative estimate of drug-likeness (QED) is 0.557. The van der Waals surface area contributed by atoms with Gasteiger partial charge < -0.3 is 0 Å². The SMILES string of the molecule is c1csc(-c2cnc(-c3cccs3)c3nonc23)c1. The number of hydrogen-bond donors (Lipinski definition) is 0. The third-order valence-corrected chi connectivity index (χ3v) is 4.61. The second kappa shape index (κ2) is 4.25. The van der Waals surface area contributed by atoms with Gasteiger partial charge in [0.2, 0.25) is 0 Å². The summed E-state index contributed by atoms with van der Waals surface area (Å²) in [5, 5.41) is 12.1. The van der Waals surface area contributed by atoms with Crippen LogP contribution >= 0.6 is 22.7 Å². The molecule has 19 heavy (non-hydrogen) atoms. The van der Waals surface area contributed by atoms with Gasteiger partial charge in [0.25, 0.3) is 0 Å². The van der Waals surface area contributed by atoms with Crippen molar-refractivity contribution >= 4 is 33.7 Å². The summed E-state index contributed by atoms with van der Waals surface area (Å²) in [7, 11) is 0. The lowest BCUT2D eigenvalue weighted by atomic mass is 10.1. The zero-order valence-electron chi connectivity index (χ0n) is 9.61. The molecule has 92 valence electrons. The lowest BCUT2D eigenvalue weighted by Gasteiger charge is -2.00. The monoisotopic (exact) mass is 285 g/mol. The zero-order chi connectivity index (χ0) is 12.7. The molecule has 4 aromatic rings. The molecule has 4 rings (SSSR count). The van der Waals surface area contributed by atoms with Gasteiger partial charge in [-0.15, -0.1) is 22.7 Å². The maximum atomic E-state index is 4.91. The molecule has 0 aliphatic rings. The van der Waals surface area contributed by atoms with Gasteiger partial charge in [-0.25, -0.2) is 4.63 Å². The Kier molecular flexibility index (Phi) is 2.43. The molecule has 6 heteroatoms. The highest BCUT2D eigenvalue weighted by atomic mass is 32.1. The minimum absolute atomic E-state index is 0.716. The summed E-state index contributed by atoms with van der Waals surface area (Å²) >= 11 is 3.28. The van der Waals surface area contributed by atoms with E-state index < -0.39 is 0 Å². The summed E-state index contributed by atoms with van der Waals surface area (Å²) in [5.41, 5.74) is 3.27. The van der Waals surface area contributed by atoms with Crippen molar-refractivity contribution in [3.05, 3.63) is 41.2 Å². The molecule has 0 saturated heterocycles. The van der Waals surface area contributed by atoms with Gasteiger partial charge in [-0.3, -0.25) is 4.98 Å². The van der Waals surface area contributed by atoms with Crippen molar-refractivity contribution in [2.45, 2.75) is 0 Å². The highest BCUT2D eigenvalue weighted by Crippen LogP contribution is 2.34. The van der Waals surface area contributed by atoms with Crippen LogP contribution in [0.1, 0.15) is 0 Å². The van der Waals surface area contributed by atoms with Gasteiger partial charge >= 0.3 is 0 Å². The van der Waals surface area contributed by atoms with Gasteiger partial charge in [0, 0.05) is 16.6 Å². The van der Waals surface area contributed by atoms with Crippen LogP contribution in [0.15, 0.2) is 45.9 Å². The van der Waals surface area contributed by atoms with Crippen molar-refractivity contribution in [2.24, 2.45) is 0 Å². The lowest BCUT2D eigenvalue weighted by Crippen LogP contribution is -1.86. The molecule has 0 aliphatic heterocycles. The molecule has 0 bridgehead atoms. The highest BCUT2D eigenvalue weighted by Gasteiger charge is 2.16. The number of hydrogen-bond acceptors (Lipinski definition) is 6. The molecular weight excluding hydrogens is 278 g/mol. The van der Waals surface area contributed by atoms with E-state index in [-0.39, 0.29) is 0 Å². The summed E-state index contributed by atoms with van der Waals surface area (Å²) in [6.45, 7) is 0. The van der Waals surface area contributed by atoms with Crippen LogP contribution in [0.5, 0.6) is 0 Å². The molecule has 0 aliphatic carbocycles. The first-order valence-corrected chi connectivity index (χ1v) is 7.38. The summed E-state index contributed by atoms with van der Waals surface area (Å²) in [4.78, 5) is 6.72. The molecule has 0 fully saturated rings. The largest absolute Gasteiger partial charge is 0.252 e. The van der Waals surface area contributed by atoms with Crippen LogP contribution in [0.2, 0.25) is 0 Å². The van der Waals surface area contributed by atoms with Crippen LogP contribution in [-0.2, 0) is 0 Å². The lowest BCUT2D eigenvalue weighted by molar-refractivity contribution is 0.315. The molecule has 0 radical (unpaired) electrons. The highest BCUT2D eigenvalue weighted by molar-refractivity contribution is 7.14. The summed E-state index contributed by atoms with van der Waals surface area (Å²) in [5.74, 6) is 0. The van der Waals surface area contributed by atoms with E-state index in [4.69, 9.17) is 4.63 Å². The fraction of sp³-hybridized carbons (Fsp3) is 0. The normalized spacial score (nSPS) is 11.2. The van der Waals surface area contributed by atoms with Crippen molar-refractivity contribution in [3.8, 4) is 21.0 Å². The Labute approximate surface area is 116 Å². The van der Waals surface area contributed by atoms with Crippen LogP contribution in [0, 0.1) is 0 Å². The number of nitrogens with zero attached hydrogens (tertiary/aromatic N) is 3. The van der Waals surface area contributed by atoms with Crippen LogP contribution in [0.25, 0.3) is 32.0 Å². The van der Waals surface area contributed by atoms with E-state index >= 15 is 0 Å². The van der Waals surface area contributed by atoms with Crippen molar-refractivity contribution in [1.29, 1.82) is 0 Å². The van der Waals surface area contributed by atoms with E-state index in [2.05, 4.69) is 15.3 Å². The molecule has 0 saturated carbocycles. The third kappa shape index (κ3) is 1.68. The first-order valence-electron chi connectivity index (χ1n) is 5.62. The molecule has 0 atom stereocenters. The smallest absolute Gasteiger partial charge is 0.162 e. The molecule has 0 amide bonds. The molecule has 4 heterocycles. The van der Waals surface area contributed by atoms with Gasteiger partial charge in [0.05, 0.1) is 4.88 Å². The van der Waals surface area contributed by atoms with Gasteiger partial charge in [0.15, 0.2) is 5.52 Å². The van der Waals surface area contributed by atoms with E-state index in [0.29, 0.717) is 5.52 Å². The van der Waals surface area contributed by atoms with Crippen LogP contribution in [0.4, 0.5) is 0 Å². The molecule has 0 unspecified atom stereocenters. The number of pyridine rings is 1. The summed E-state index contributed by atoms with van der Waals surface area (Å²) < 4.78 is 4.91. The van der Waals surface area contributed by atoms with Crippen LogP contribution in [0.3, 0.4) is 0 Å². The van der Waals surface area contributed by atoms with Gasteiger partial charge in [-0.05, 0) is 33.2 Å². The maximum Gasteiger partial charge on any atom is 0.162 e. The van der Waals surface area contributed by atoms with Crippen molar-refractivity contribution < 1.29 is 4.63 Å². The fourth-order valence-corrected chi connectivity index (χ4v) is 3.44. The van der Waals surface area contributed by atoms with Gasteiger partial charge in [-0.2, -0.15) is 0 Å². The molecule has 0 spiro atoms. The molecule has 4 nitrogen and oxygen atoms in total. The van der Waals surface area contributed by atoms with Gasteiger partial charge in [-0.1, -0.05) is 12.1 Å².